The largest absolute Gasteiger partial charge is 0.325 e. The highest BCUT2D eigenvalue weighted by Crippen LogP contribution is 2.14. The molecular formula is C13H15N5O. The molecule has 19 heavy (non-hydrogen) atoms. The lowest BCUT2D eigenvalue weighted by atomic mass is 10.2. The Balaban J connectivity index is 1.67. The maximum atomic E-state index is 11.9. The van der Waals surface area contributed by atoms with Crippen molar-refractivity contribution >= 4 is 11.6 Å². The van der Waals surface area contributed by atoms with Gasteiger partial charge in [0.15, 0.2) is 0 Å². The summed E-state index contributed by atoms with van der Waals surface area (Å²) in [5.74, 6) is 0.0333. The van der Waals surface area contributed by atoms with E-state index in [4.69, 9.17) is 0 Å². The molecule has 1 amide bonds. The van der Waals surface area contributed by atoms with Crippen LogP contribution in [0, 0.1) is 0 Å². The van der Waals surface area contributed by atoms with Crippen LogP contribution in [0.1, 0.15) is 12.8 Å². The van der Waals surface area contributed by atoms with E-state index in [0.29, 0.717) is 0 Å². The van der Waals surface area contributed by atoms with Crippen LogP contribution < -0.4 is 10.6 Å². The second-order valence-electron chi connectivity index (χ2n) is 4.53. The van der Waals surface area contributed by atoms with Crippen molar-refractivity contribution in [2.75, 3.05) is 11.9 Å². The summed E-state index contributed by atoms with van der Waals surface area (Å²) >= 11 is 0. The molecule has 3 rings (SSSR count). The Morgan fingerprint density at radius 3 is 2.84 bits per heavy atom. The first-order valence-electron chi connectivity index (χ1n) is 6.32. The summed E-state index contributed by atoms with van der Waals surface area (Å²) < 4.78 is 1.67. The number of hydrogen-bond acceptors (Lipinski definition) is 4. The standard InChI is InChI=1S/C13H15N5O/c19-13(12-2-1-7-15-12)17-10-3-5-11(6-4-10)18-9-14-8-16-18/h3-6,8-9,12,15H,1-2,7H2,(H,17,19)/t12-/m1/s1. The number of benzene rings is 1. The van der Waals surface area contributed by atoms with Crippen molar-refractivity contribution < 1.29 is 4.79 Å². The third-order valence-corrected chi connectivity index (χ3v) is 3.19. The molecule has 6 heteroatoms. The second-order valence-corrected chi connectivity index (χ2v) is 4.53. The molecule has 1 aromatic heterocycles. The minimum absolute atomic E-state index is 0.0333. The number of nitrogens with one attached hydrogen (secondary N) is 2. The topological polar surface area (TPSA) is 71.8 Å². The van der Waals surface area contributed by atoms with E-state index < -0.39 is 0 Å². The number of carbonyl (C=O) groups is 1. The van der Waals surface area contributed by atoms with Crippen molar-refractivity contribution in [3.05, 3.63) is 36.9 Å². The fraction of sp³-hybridized carbons (Fsp3) is 0.308. The lowest BCUT2D eigenvalue weighted by Gasteiger charge is -2.11. The van der Waals surface area contributed by atoms with Gasteiger partial charge in [0.2, 0.25) is 5.91 Å². The Morgan fingerprint density at radius 2 is 2.21 bits per heavy atom. The van der Waals surface area contributed by atoms with Crippen LogP contribution in [0.15, 0.2) is 36.9 Å². The summed E-state index contributed by atoms with van der Waals surface area (Å²) in [7, 11) is 0. The Morgan fingerprint density at radius 1 is 1.37 bits per heavy atom. The number of hydrogen-bond donors (Lipinski definition) is 2. The molecule has 2 N–H and O–H groups in total. The zero-order valence-electron chi connectivity index (χ0n) is 10.4. The van der Waals surface area contributed by atoms with Crippen LogP contribution >= 0.6 is 0 Å². The van der Waals surface area contributed by atoms with Crippen LogP contribution in [0.4, 0.5) is 5.69 Å². The lowest BCUT2D eigenvalue weighted by molar-refractivity contribution is -0.117. The van der Waals surface area contributed by atoms with Gasteiger partial charge in [0.25, 0.3) is 0 Å². The van der Waals surface area contributed by atoms with Crippen molar-refractivity contribution in [1.29, 1.82) is 0 Å². The fourth-order valence-corrected chi connectivity index (χ4v) is 2.18. The van der Waals surface area contributed by atoms with Crippen LogP contribution in [-0.2, 0) is 4.79 Å². The summed E-state index contributed by atoms with van der Waals surface area (Å²) in [4.78, 5) is 15.8. The molecule has 6 nitrogen and oxygen atoms in total. The molecule has 0 aliphatic carbocycles. The second kappa shape index (κ2) is 5.19. The fourth-order valence-electron chi connectivity index (χ4n) is 2.18. The van der Waals surface area contributed by atoms with Crippen LogP contribution in [0.3, 0.4) is 0 Å². The van der Waals surface area contributed by atoms with E-state index in [2.05, 4.69) is 20.7 Å². The van der Waals surface area contributed by atoms with Gasteiger partial charge in [0, 0.05) is 5.69 Å². The molecule has 1 aliphatic heterocycles. The molecular weight excluding hydrogens is 242 g/mol. The van der Waals surface area contributed by atoms with E-state index in [1.54, 1.807) is 11.0 Å². The van der Waals surface area contributed by atoms with Crippen LogP contribution in [-0.4, -0.2) is 33.3 Å². The molecule has 0 bridgehead atoms. The smallest absolute Gasteiger partial charge is 0.241 e. The number of nitrogens with zero attached hydrogens (tertiary/aromatic N) is 3. The normalized spacial score (nSPS) is 18.4. The predicted octanol–water partition coefficient (Wildman–Crippen LogP) is 0.958. The highest BCUT2D eigenvalue weighted by atomic mass is 16.2. The van der Waals surface area contributed by atoms with Crippen LogP contribution in [0.25, 0.3) is 5.69 Å². The molecule has 1 atom stereocenters. The number of anilines is 1. The van der Waals surface area contributed by atoms with Gasteiger partial charge in [-0.05, 0) is 43.7 Å². The molecule has 0 radical (unpaired) electrons. The quantitative estimate of drug-likeness (QED) is 0.859. The highest BCUT2D eigenvalue weighted by molar-refractivity contribution is 5.95. The summed E-state index contributed by atoms with van der Waals surface area (Å²) in [6, 6.07) is 7.46. The third-order valence-electron chi connectivity index (χ3n) is 3.19. The summed E-state index contributed by atoms with van der Waals surface area (Å²) in [5, 5.41) is 10.1. The molecule has 98 valence electrons. The monoisotopic (exact) mass is 257 g/mol. The van der Waals surface area contributed by atoms with E-state index in [9.17, 15) is 4.79 Å². The predicted molar refractivity (Wildman–Crippen MR) is 71.0 cm³/mol. The minimum atomic E-state index is -0.0602. The number of rotatable bonds is 3. The first-order valence-corrected chi connectivity index (χ1v) is 6.32. The van der Waals surface area contributed by atoms with E-state index in [-0.39, 0.29) is 11.9 Å². The van der Waals surface area contributed by atoms with Crippen LogP contribution in [0.5, 0.6) is 0 Å². The zero-order chi connectivity index (χ0) is 13.1. The van der Waals surface area contributed by atoms with E-state index in [1.165, 1.54) is 6.33 Å². The van der Waals surface area contributed by atoms with E-state index in [1.807, 2.05) is 24.3 Å². The van der Waals surface area contributed by atoms with Gasteiger partial charge in [-0.15, -0.1) is 0 Å². The third kappa shape index (κ3) is 2.63. The average molecular weight is 257 g/mol. The van der Waals surface area contributed by atoms with Crippen molar-refractivity contribution in [1.82, 2.24) is 20.1 Å². The Kier molecular flexibility index (Phi) is 3.24. The van der Waals surface area contributed by atoms with Gasteiger partial charge in [-0.2, -0.15) is 5.10 Å². The summed E-state index contributed by atoms with van der Waals surface area (Å²) in [6.07, 6.45) is 5.09. The molecule has 2 heterocycles. The van der Waals surface area contributed by atoms with Crippen molar-refractivity contribution in [2.24, 2.45) is 0 Å². The van der Waals surface area contributed by atoms with Gasteiger partial charge >= 0.3 is 0 Å². The zero-order valence-corrected chi connectivity index (χ0v) is 10.4. The lowest BCUT2D eigenvalue weighted by Crippen LogP contribution is -2.35. The molecule has 2 aromatic rings. The average Bonchev–Trinajstić information content (AvgIpc) is 3.13. The molecule has 1 saturated heterocycles. The maximum absolute atomic E-state index is 11.9. The maximum Gasteiger partial charge on any atom is 0.241 e. The molecule has 1 aromatic carbocycles. The molecule has 0 saturated carbocycles. The SMILES string of the molecule is O=C(Nc1ccc(-n2cncn2)cc1)[C@H]1CCCN1. The first kappa shape index (κ1) is 11.9. The van der Waals surface area contributed by atoms with Gasteiger partial charge < -0.3 is 10.6 Å². The van der Waals surface area contributed by atoms with Crippen LogP contribution in [0.2, 0.25) is 0 Å². The van der Waals surface area contributed by atoms with E-state index in [0.717, 1.165) is 30.8 Å². The molecule has 0 spiro atoms. The van der Waals surface area contributed by atoms with Gasteiger partial charge in [-0.25, -0.2) is 9.67 Å². The Bertz CT molecular complexity index is 543. The van der Waals surface area contributed by atoms with Gasteiger partial charge in [0.1, 0.15) is 12.7 Å². The Labute approximate surface area is 110 Å². The van der Waals surface area contributed by atoms with Crippen molar-refractivity contribution in [3.63, 3.8) is 0 Å². The number of aromatic nitrogens is 3. The molecule has 1 aliphatic rings. The van der Waals surface area contributed by atoms with Gasteiger partial charge in [0.05, 0.1) is 11.7 Å². The first-order chi connectivity index (χ1) is 9.33. The van der Waals surface area contributed by atoms with Crippen molar-refractivity contribution in [2.45, 2.75) is 18.9 Å². The van der Waals surface area contributed by atoms with Crippen molar-refractivity contribution in [3.8, 4) is 5.69 Å². The van der Waals surface area contributed by atoms with Gasteiger partial charge in [-0.1, -0.05) is 0 Å². The minimum Gasteiger partial charge on any atom is -0.325 e. The van der Waals surface area contributed by atoms with E-state index >= 15 is 0 Å². The summed E-state index contributed by atoms with van der Waals surface area (Å²) in [5.41, 5.74) is 1.71. The molecule has 1 fully saturated rings. The number of carbonyl (C=O) groups excluding carboxylic acids is 1. The van der Waals surface area contributed by atoms with Gasteiger partial charge in [-0.3, -0.25) is 4.79 Å². The highest BCUT2D eigenvalue weighted by Gasteiger charge is 2.21. The Hall–Kier alpha value is -2.21. The summed E-state index contributed by atoms with van der Waals surface area (Å²) in [6.45, 7) is 0.920. The molecule has 0 unspecified atom stereocenters. The number of amides is 1.